The van der Waals surface area contributed by atoms with E-state index in [0.717, 1.165) is 27.2 Å². The molecule has 0 radical (unpaired) electrons. The monoisotopic (exact) mass is 500 g/mol. The molecule has 7 nitrogen and oxygen atoms in total. The molecule has 0 amide bonds. The lowest BCUT2D eigenvalue weighted by atomic mass is 10.1. The summed E-state index contributed by atoms with van der Waals surface area (Å²) in [4.78, 5) is 14.0. The van der Waals surface area contributed by atoms with Gasteiger partial charge in [0.2, 0.25) is 0 Å². The van der Waals surface area contributed by atoms with E-state index < -0.39 is 9.84 Å². The zero-order chi connectivity index (χ0) is 22.3. The molecule has 0 spiro atoms. The second kappa shape index (κ2) is 12.4. The Morgan fingerprint density at radius 1 is 1.12 bits per heavy atom. The minimum absolute atomic E-state index is 0. The molecular formula is C22H29ClN2O5S2. The molecule has 0 saturated carbocycles. The van der Waals surface area contributed by atoms with Gasteiger partial charge in [-0.2, -0.15) is 0 Å². The van der Waals surface area contributed by atoms with Gasteiger partial charge in [-0.1, -0.05) is 47.7 Å². The van der Waals surface area contributed by atoms with Crippen molar-refractivity contribution in [1.29, 1.82) is 0 Å². The number of phenols is 1. The molecule has 1 atom stereocenters. The summed E-state index contributed by atoms with van der Waals surface area (Å²) in [6, 6.07) is 13.2. The van der Waals surface area contributed by atoms with Crippen LogP contribution in [0.5, 0.6) is 5.75 Å². The molecule has 1 aromatic heterocycles. The van der Waals surface area contributed by atoms with Crippen LogP contribution in [-0.2, 0) is 21.0 Å². The summed E-state index contributed by atoms with van der Waals surface area (Å²) >= 11 is 1.07. The van der Waals surface area contributed by atoms with E-state index in [4.69, 9.17) is 4.74 Å². The van der Waals surface area contributed by atoms with Crippen LogP contribution in [0.2, 0.25) is 0 Å². The number of rotatable bonds is 12. The van der Waals surface area contributed by atoms with Gasteiger partial charge < -0.3 is 20.1 Å². The number of halogens is 1. The molecule has 3 rings (SSSR count). The van der Waals surface area contributed by atoms with Crippen LogP contribution in [-0.4, -0.2) is 49.7 Å². The highest BCUT2D eigenvalue weighted by Gasteiger charge is 2.12. The summed E-state index contributed by atoms with van der Waals surface area (Å²) in [6.45, 7) is 3.31. The number of hydrogen-bond acceptors (Lipinski definition) is 7. The van der Waals surface area contributed by atoms with Gasteiger partial charge in [-0.3, -0.25) is 4.79 Å². The molecule has 10 heteroatoms. The van der Waals surface area contributed by atoms with Crippen LogP contribution in [0.25, 0.3) is 10.2 Å². The fourth-order valence-electron chi connectivity index (χ4n) is 3.31. The predicted molar refractivity (Wildman–Crippen MR) is 132 cm³/mol. The van der Waals surface area contributed by atoms with E-state index in [2.05, 4.69) is 10.3 Å². The number of sulfone groups is 1. The van der Waals surface area contributed by atoms with Crippen molar-refractivity contribution < 1.29 is 18.3 Å². The molecule has 1 heterocycles. The summed E-state index contributed by atoms with van der Waals surface area (Å²) in [5.74, 6) is 0.230. The molecule has 0 aliphatic heterocycles. The number of aromatic hydroxyl groups is 1. The zero-order valence-electron chi connectivity index (χ0n) is 17.9. The quantitative estimate of drug-likeness (QED) is 0.329. The molecule has 176 valence electrons. The van der Waals surface area contributed by atoms with Gasteiger partial charge in [0.15, 0.2) is 9.84 Å². The molecule has 2 aromatic carbocycles. The third-order valence-electron chi connectivity index (χ3n) is 5.04. The lowest BCUT2D eigenvalue weighted by Gasteiger charge is -2.13. The summed E-state index contributed by atoms with van der Waals surface area (Å²) in [6.07, 6.45) is 1.04. The number of thiazole rings is 1. The standard InChI is InChI=1S/C22H28N2O5S2.ClH/c1-16(17-6-3-2-4-7-17)29-13-5-14-31(27,28)15-12-23-11-10-18-8-9-19(25)20-21(18)30-22(26)24-20;/h2-4,6-9,16,23,25H,5,10-15H2,1H3,(H,24,26);1H. The van der Waals surface area contributed by atoms with E-state index in [1.54, 1.807) is 12.1 Å². The molecule has 32 heavy (non-hydrogen) atoms. The van der Waals surface area contributed by atoms with Crippen molar-refractivity contribution >= 4 is 43.8 Å². The van der Waals surface area contributed by atoms with Crippen LogP contribution in [0.15, 0.2) is 47.3 Å². The maximum absolute atomic E-state index is 12.2. The van der Waals surface area contributed by atoms with E-state index in [1.807, 2.05) is 37.3 Å². The summed E-state index contributed by atoms with van der Waals surface area (Å²) in [5, 5.41) is 13.0. The maximum atomic E-state index is 12.2. The van der Waals surface area contributed by atoms with Crippen molar-refractivity contribution in [3.63, 3.8) is 0 Å². The zero-order valence-corrected chi connectivity index (χ0v) is 20.3. The van der Waals surface area contributed by atoms with Gasteiger partial charge in [0, 0.05) is 13.2 Å². The Kier molecular flexibility index (Phi) is 10.2. The first-order valence-electron chi connectivity index (χ1n) is 10.3. The van der Waals surface area contributed by atoms with Crippen molar-refractivity contribution in [2.45, 2.75) is 25.9 Å². The number of phenolic OH excluding ortho intramolecular Hbond substituents is 1. The second-order valence-corrected chi connectivity index (χ2v) is 10.7. The van der Waals surface area contributed by atoms with Crippen molar-refractivity contribution in [3.8, 4) is 5.75 Å². The number of nitrogens with one attached hydrogen (secondary N) is 2. The van der Waals surface area contributed by atoms with Crippen LogP contribution in [0, 0.1) is 0 Å². The Balaban J connectivity index is 0.00000363. The highest BCUT2D eigenvalue weighted by molar-refractivity contribution is 7.91. The number of ether oxygens (including phenoxy) is 1. The minimum Gasteiger partial charge on any atom is -0.506 e. The van der Waals surface area contributed by atoms with Gasteiger partial charge in [-0.15, -0.1) is 12.4 Å². The fourth-order valence-corrected chi connectivity index (χ4v) is 5.42. The van der Waals surface area contributed by atoms with E-state index in [9.17, 15) is 18.3 Å². The third-order valence-corrected chi connectivity index (χ3v) is 7.73. The van der Waals surface area contributed by atoms with Gasteiger partial charge in [0.05, 0.1) is 22.3 Å². The molecule has 0 aliphatic carbocycles. The molecule has 3 N–H and O–H groups in total. The Labute approximate surface area is 198 Å². The first kappa shape index (κ1) is 26.3. The van der Waals surface area contributed by atoms with Crippen molar-refractivity contribution in [2.24, 2.45) is 0 Å². The maximum Gasteiger partial charge on any atom is 0.305 e. The highest BCUT2D eigenvalue weighted by atomic mass is 35.5. The van der Waals surface area contributed by atoms with Gasteiger partial charge in [-0.25, -0.2) is 8.42 Å². The molecule has 1 unspecified atom stereocenters. The molecule has 0 fully saturated rings. The van der Waals surface area contributed by atoms with Gasteiger partial charge in [0.25, 0.3) is 0 Å². The fraction of sp³-hybridized carbons (Fsp3) is 0.409. The lowest BCUT2D eigenvalue weighted by molar-refractivity contribution is 0.0666. The Morgan fingerprint density at radius 3 is 2.62 bits per heavy atom. The van der Waals surface area contributed by atoms with Crippen molar-refractivity contribution in [1.82, 2.24) is 10.3 Å². The predicted octanol–water partition coefficient (Wildman–Crippen LogP) is 3.43. The normalized spacial score (nSPS) is 12.5. The minimum atomic E-state index is -3.15. The highest BCUT2D eigenvalue weighted by Crippen LogP contribution is 2.27. The Hall–Kier alpha value is -1.91. The third kappa shape index (κ3) is 7.60. The Morgan fingerprint density at radius 2 is 1.88 bits per heavy atom. The SMILES string of the molecule is CC(OCCCS(=O)(=O)CCNCCc1ccc(O)c2[nH]c(=O)sc12)c1ccccc1.Cl. The summed E-state index contributed by atoms with van der Waals surface area (Å²) < 4.78 is 30.9. The van der Waals surface area contributed by atoms with Crippen LogP contribution in [0.4, 0.5) is 0 Å². The van der Waals surface area contributed by atoms with Crippen LogP contribution >= 0.6 is 23.7 Å². The van der Waals surface area contributed by atoms with Crippen LogP contribution < -0.4 is 10.2 Å². The first-order chi connectivity index (χ1) is 14.9. The van der Waals surface area contributed by atoms with Gasteiger partial charge >= 0.3 is 4.87 Å². The van der Waals surface area contributed by atoms with Gasteiger partial charge in [0.1, 0.15) is 11.3 Å². The van der Waals surface area contributed by atoms with Gasteiger partial charge in [-0.05, 0) is 43.5 Å². The molecular weight excluding hydrogens is 472 g/mol. The summed E-state index contributed by atoms with van der Waals surface area (Å²) in [7, 11) is -3.15. The average molecular weight is 501 g/mol. The van der Waals surface area contributed by atoms with E-state index in [-0.39, 0.29) is 40.6 Å². The van der Waals surface area contributed by atoms with Crippen molar-refractivity contribution in [2.75, 3.05) is 31.2 Å². The Bertz CT molecular complexity index is 1150. The molecule has 0 saturated heterocycles. The number of aromatic nitrogens is 1. The topological polar surface area (TPSA) is 108 Å². The number of aromatic amines is 1. The first-order valence-corrected chi connectivity index (χ1v) is 12.9. The second-order valence-electron chi connectivity index (χ2n) is 7.39. The lowest BCUT2D eigenvalue weighted by Crippen LogP contribution is -2.26. The number of fused-ring (bicyclic) bond motifs is 1. The smallest absolute Gasteiger partial charge is 0.305 e. The molecule has 0 bridgehead atoms. The largest absolute Gasteiger partial charge is 0.506 e. The van der Waals surface area contributed by atoms with Crippen molar-refractivity contribution in [3.05, 3.63) is 63.3 Å². The molecule has 3 aromatic rings. The van der Waals surface area contributed by atoms with E-state index >= 15 is 0 Å². The average Bonchev–Trinajstić information content (AvgIpc) is 3.15. The van der Waals surface area contributed by atoms with E-state index in [0.29, 0.717) is 38.1 Å². The number of H-pyrrole nitrogens is 1. The molecule has 0 aliphatic rings. The summed E-state index contributed by atoms with van der Waals surface area (Å²) in [5.41, 5.74) is 2.47. The van der Waals surface area contributed by atoms with E-state index in [1.165, 1.54) is 0 Å². The van der Waals surface area contributed by atoms with Crippen LogP contribution in [0.1, 0.15) is 30.6 Å². The number of hydrogen-bond donors (Lipinski definition) is 3. The number of benzene rings is 2. The van der Waals surface area contributed by atoms with Crippen LogP contribution in [0.3, 0.4) is 0 Å².